The van der Waals surface area contributed by atoms with Gasteiger partial charge in [0.2, 0.25) is 0 Å². The summed E-state index contributed by atoms with van der Waals surface area (Å²) in [6.07, 6.45) is 2.63. The van der Waals surface area contributed by atoms with Gasteiger partial charge in [-0.15, -0.1) is 0 Å². The van der Waals surface area contributed by atoms with Gasteiger partial charge in [-0.2, -0.15) is 0 Å². The van der Waals surface area contributed by atoms with Crippen LogP contribution in [0.5, 0.6) is 0 Å². The molecule has 0 saturated heterocycles. The van der Waals surface area contributed by atoms with Crippen molar-refractivity contribution in [1.82, 2.24) is 14.5 Å². The fourth-order valence-corrected chi connectivity index (χ4v) is 2.98. The third kappa shape index (κ3) is 4.22. The summed E-state index contributed by atoms with van der Waals surface area (Å²) in [5, 5.41) is 9.83. The van der Waals surface area contributed by atoms with Crippen molar-refractivity contribution in [2.24, 2.45) is 0 Å². The highest BCUT2D eigenvalue weighted by Gasteiger charge is 2.11. The Kier molecular flexibility index (Phi) is 6.68. The molecule has 0 amide bonds. The van der Waals surface area contributed by atoms with Crippen LogP contribution in [-0.2, 0) is 13.0 Å². The molecule has 0 aliphatic carbocycles. The Balaban J connectivity index is 2.18. The predicted octanol–water partition coefficient (Wildman–Crippen LogP) is 3.35. The highest BCUT2D eigenvalue weighted by atomic mass is 35.5. The topological polar surface area (TPSA) is 41.3 Å². The molecule has 2 aromatic rings. The summed E-state index contributed by atoms with van der Waals surface area (Å²) in [5.74, 6) is 1.05. The molecule has 122 valence electrons. The van der Waals surface area contributed by atoms with E-state index in [1.807, 2.05) is 18.2 Å². The lowest BCUT2D eigenvalue weighted by Gasteiger charge is -2.18. The molecule has 1 heterocycles. The number of aryl methyl sites for hydroxylation is 2. The monoisotopic (exact) mass is 323 g/mol. The summed E-state index contributed by atoms with van der Waals surface area (Å²) < 4.78 is 2.26. The van der Waals surface area contributed by atoms with Gasteiger partial charge in [-0.05, 0) is 50.7 Å². The summed E-state index contributed by atoms with van der Waals surface area (Å²) in [6, 6.07) is 5.84. The minimum absolute atomic E-state index is 0.198. The van der Waals surface area contributed by atoms with Crippen molar-refractivity contribution < 1.29 is 5.11 Å². The predicted molar refractivity (Wildman–Crippen MR) is 92.6 cm³/mol. The van der Waals surface area contributed by atoms with Crippen LogP contribution >= 0.6 is 11.6 Å². The molecule has 1 aromatic carbocycles. The van der Waals surface area contributed by atoms with E-state index in [2.05, 4.69) is 23.3 Å². The molecule has 5 heteroatoms. The summed E-state index contributed by atoms with van der Waals surface area (Å²) in [5.41, 5.74) is 2.08. The average Bonchev–Trinajstić information content (AvgIpc) is 2.86. The van der Waals surface area contributed by atoms with Crippen molar-refractivity contribution in [3.05, 3.63) is 29.0 Å². The molecule has 0 atom stereocenters. The van der Waals surface area contributed by atoms with Crippen LogP contribution in [0.2, 0.25) is 5.02 Å². The van der Waals surface area contributed by atoms with Crippen LogP contribution in [0, 0.1) is 0 Å². The molecule has 0 aliphatic rings. The number of hydrogen-bond acceptors (Lipinski definition) is 3. The number of imidazole rings is 1. The van der Waals surface area contributed by atoms with E-state index >= 15 is 0 Å². The van der Waals surface area contributed by atoms with Crippen LogP contribution in [0.4, 0.5) is 0 Å². The number of benzene rings is 1. The minimum Gasteiger partial charge on any atom is -0.396 e. The molecule has 22 heavy (non-hydrogen) atoms. The fraction of sp³-hybridized carbons (Fsp3) is 0.588. The van der Waals surface area contributed by atoms with Gasteiger partial charge in [0.15, 0.2) is 0 Å². The summed E-state index contributed by atoms with van der Waals surface area (Å²) in [4.78, 5) is 7.14. The molecule has 0 radical (unpaired) electrons. The Morgan fingerprint density at radius 2 is 2.00 bits per heavy atom. The van der Waals surface area contributed by atoms with Crippen molar-refractivity contribution in [3.8, 4) is 0 Å². The van der Waals surface area contributed by atoms with E-state index < -0.39 is 0 Å². The Bertz CT molecular complexity index is 593. The van der Waals surface area contributed by atoms with Crippen LogP contribution in [0.3, 0.4) is 0 Å². The maximum atomic E-state index is 9.09. The second kappa shape index (κ2) is 8.51. The average molecular weight is 324 g/mol. The molecular weight excluding hydrogens is 298 g/mol. The second-order valence-corrected chi connectivity index (χ2v) is 5.96. The second-order valence-electron chi connectivity index (χ2n) is 5.52. The van der Waals surface area contributed by atoms with Crippen LogP contribution in [-0.4, -0.2) is 45.8 Å². The quantitative estimate of drug-likeness (QED) is 0.769. The number of rotatable bonds is 9. The van der Waals surface area contributed by atoms with Gasteiger partial charge in [-0.1, -0.05) is 25.4 Å². The minimum atomic E-state index is 0.198. The van der Waals surface area contributed by atoms with Gasteiger partial charge < -0.3 is 14.6 Å². The number of halogens is 1. The first-order chi connectivity index (χ1) is 10.7. The summed E-state index contributed by atoms with van der Waals surface area (Å²) in [6.45, 7) is 8.80. The molecule has 0 spiro atoms. The number of nitrogens with zero attached hydrogens (tertiary/aromatic N) is 3. The number of aromatic nitrogens is 2. The largest absolute Gasteiger partial charge is 0.396 e. The Hall–Kier alpha value is -1.10. The van der Waals surface area contributed by atoms with E-state index in [-0.39, 0.29) is 6.61 Å². The standard InChI is InChI=1S/C17H26ClN3O/c1-3-20(4-2)10-6-11-21-16-13-14(18)8-9-15(16)19-17(21)7-5-12-22/h8-9,13,22H,3-7,10-12H2,1-2H3. The fourth-order valence-electron chi connectivity index (χ4n) is 2.82. The molecule has 1 N–H and O–H groups in total. The first-order valence-electron chi connectivity index (χ1n) is 8.17. The third-order valence-electron chi connectivity index (χ3n) is 4.10. The molecule has 0 fully saturated rings. The zero-order valence-corrected chi connectivity index (χ0v) is 14.3. The maximum Gasteiger partial charge on any atom is 0.109 e. The van der Waals surface area contributed by atoms with E-state index in [9.17, 15) is 0 Å². The van der Waals surface area contributed by atoms with Gasteiger partial charge in [-0.3, -0.25) is 0 Å². The Morgan fingerprint density at radius 3 is 2.68 bits per heavy atom. The Labute approximate surface area is 137 Å². The Morgan fingerprint density at radius 1 is 1.23 bits per heavy atom. The number of aliphatic hydroxyl groups excluding tert-OH is 1. The normalized spacial score (nSPS) is 11.7. The highest BCUT2D eigenvalue weighted by molar-refractivity contribution is 6.31. The molecular formula is C17H26ClN3O. The highest BCUT2D eigenvalue weighted by Crippen LogP contribution is 2.22. The van der Waals surface area contributed by atoms with Crippen LogP contribution in [0.1, 0.15) is 32.5 Å². The van der Waals surface area contributed by atoms with E-state index in [0.717, 1.165) is 67.3 Å². The molecule has 0 bridgehead atoms. The van der Waals surface area contributed by atoms with Gasteiger partial charge in [-0.25, -0.2) is 4.98 Å². The zero-order chi connectivity index (χ0) is 15.9. The van der Waals surface area contributed by atoms with Gasteiger partial charge in [0, 0.05) is 24.6 Å². The molecule has 4 nitrogen and oxygen atoms in total. The first-order valence-corrected chi connectivity index (χ1v) is 8.55. The lowest BCUT2D eigenvalue weighted by atomic mass is 10.3. The zero-order valence-electron chi connectivity index (χ0n) is 13.6. The van der Waals surface area contributed by atoms with E-state index in [1.54, 1.807) is 0 Å². The van der Waals surface area contributed by atoms with Crippen molar-refractivity contribution in [3.63, 3.8) is 0 Å². The van der Waals surface area contributed by atoms with Gasteiger partial charge in [0.25, 0.3) is 0 Å². The lowest BCUT2D eigenvalue weighted by Crippen LogP contribution is -2.25. The molecule has 0 unspecified atom stereocenters. The number of fused-ring (bicyclic) bond motifs is 1. The van der Waals surface area contributed by atoms with E-state index in [4.69, 9.17) is 21.7 Å². The van der Waals surface area contributed by atoms with Crippen molar-refractivity contribution in [2.75, 3.05) is 26.2 Å². The first kappa shape index (κ1) is 17.3. The van der Waals surface area contributed by atoms with Crippen LogP contribution in [0.25, 0.3) is 11.0 Å². The van der Waals surface area contributed by atoms with Crippen molar-refractivity contribution in [2.45, 2.75) is 39.7 Å². The van der Waals surface area contributed by atoms with Gasteiger partial charge in [0.1, 0.15) is 5.82 Å². The van der Waals surface area contributed by atoms with Gasteiger partial charge in [0.05, 0.1) is 11.0 Å². The van der Waals surface area contributed by atoms with Crippen LogP contribution < -0.4 is 0 Å². The third-order valence-corrected chi connectivity index (χ3v) is 4.33. The summed E-state index contributed by atoms with van der Waals surface area (Å²) >= 11 is 6.14. The van der Waals surface area contributed by atoms with Crippen molar-refractivity contribution in [1.29, 1.82) is 0 Å². The van der Waals surface area contributed by atoms with E-state index in [1.165, 1.54) is 0 Å². The smallest absolute Gasteiger partial charge is 0.109 e. The van der Waals surface area contributed by atoms with Gasteiger partial charge >= 0.3 is 0 Å². The SMILES string of the molecule is CCN(CC)CCCn1c(CCCO)nc2ccc(Cl)cc21. The molecule has 0 aliphatic heterocycles. The van der Waals surface area contributed by atoms with E-state index in [0.29, 0.717) is 0 Å². The number of aliphatic hydroxyl groups is 1. The lowest BCUT2D eigenvalue weighted by molar-refractivity contribution is 0.284. The molecule has 0 saturated carbocycles. The number of hydrogen-bond donors (Lipinski definition) is 1. The van der Waals surface area contributed by atoms with Crippen LogP contribution in [0.15, 0.2) is 18.2 Å². The molecule has 1 aromatic heterocycles. The molecule has 2 rings (SSSR count). The van der Waals surface area contributed by atoms with Crippen molar-refractivity contribution >= 4 is 22.6 Å². The maximum absolute atomic E-state index is 9.09. The summed E-state index contributed by atoms with van der Waals surface area (Å²) in [7, 11) is 0.